The summed E-state index contributed by atoms with van der Waals surface area (Å²) >= 11 is 0. The highest BCUT2D eigenvalue weighted by Gasteiger charge is 2.13. The van der Waals surface area contributed by atoms with Gasteiger partial charge in [0.15, 0.2) is 5.96 Å². The first-order valence-corrected chi connectivity index (χ1v) is 10.1. The van der Waals surface area contributed by atoms with Crippen molar-refractivity contribution in [3.8, 4) is 0 Å². The predicted octanol–water partition coefficient (Wildman–Crippen LogP) is 2.73. The van der Waals surface area contributed by atoms with Crippen molar-refractivity contribution in [2.45, 2.75) is 62.9 Å². The largest absolute Gasteiger partial charge is 0.370 e. The highest BCUT2D eigenvalue weighted by Crippen LogP contribution is 2.17. The highest BCUT2D eigenvalue weighted by atomic mass is 127. The van der Waals surface area contributed by atoms with Gasteiger partial charge in [-0.15, -0.1) is 24.0 Å². The number of benzene rings is 1. The Hall–Kier alpha value is -0.870. The summed E-state index contributed by atoms with van der Waals surface area (Å²) in [6.45, 7) is 2.57. The second kappa shape index (κ2) is 11.0. The van der Waals surface area contributed by atoms with E-state index in [4.69, 9.17) is 5.73 Å². The van der Waals surface area contributed by atoms with E-state index >= 15 is 0 Å². The molecule has 1 saturated carbocycles. The van der Waals surface area contributed by atoms with Gasteiger partial charge in [0.05, 0.1) is 11.4 Å². The summed E-state index contributed by atoms with van der Waals surface area (Å²) in [5, 5.41) is 3.30. The maximum atomic E-state index is 11.9. The summed E-state index contributed by atoms with van der Waals surface area (Å²) < 4.78 is 26.3. The first-order valence-electron chi connectivity index (χ1n) is 8.66. The molecule has 0 saturated heterocycles. The first-order chi connectivity index (χ1) is 11.5. The molecule has 6 nitrogen and oxygen atoms in total. The fourth-order valence-corrected chi connectivity index (χ4v) is 3.94. The Kier molecular flexibility index (Phi) is 9.73. The molecule has 0 atom stereocenters. The molecule has 0 aromatic heterocycles. The average molecular weight is 480 g/mol. The number of rotatable bonds is 6. The molecule has 1 aliphatic rings. The van der Waals surface area contributed by atoms with Gasteiger partial charge in [-0.2, -0.15) is 0 Å². The van der Waals surface area contributed by atoms with Crippen molar-refractivity contribution in [2.24, 2.45) is 10.7 Å². The molecule has 0 amide bonds. The van der Waals surface area contributed by atoms with E-state index in [1.54, 1.807) is 31.2 Å². The minimum atomic E-state index is -3.40. The van der Waals surface area contributed by atoms with Gasteiger partial charge in [-0.1, -0.05) is 44.7 Å². The zero-order valence-corrected chi connectivity index (χ0v) is 17.8. The van der Waals surface area contributed by atoms with Crippen LogP contribution in [-0.4, -0.2) is 27.0 Å². The lowest BCUT2D eigenvalue weighted by Gasteiger charge is -2.16. The Morgan fingerprint density at radius 2 is 1.76 bits per heavy atom. The molecule has 1 fully saturated rings. The van der Waals surface area contributed by atoms with Gasteiger partial charge in [0.1, 0.15) is 0 Å². The third kappa shape index (κ3) is 7.49. The topological polar surface area (TPSA) is 96.6 Å². The molecular weight excluding hydrogens is 451 g/mol. The minimum absolute atomic E-state index is 0. The van der Waals surface area contributed by atoms with Crippen molar-refractivity contribution in [2.75, 3.05) is 6.54 Å². The van der Waals surface area contributed by atoms with Crippen molar-refractivity contribution >= 4 is 40.0 Å². The Labute approximate surface area is 168 Å². The number of nitrogens with two attached hydrogens (primary N) is 1. The van der Waals surface area contributed by atoms with E-state index < -0.39 is 10.0 Å². The van der Waals surface area contributed by atoms with Crippen molar-refractivity contribution in [1.29, 1.82) is 0 Å². The predicted molar refractivity (Wildman–Crippen MR) is 113 cm³/mol. The molecule has 4 N–H and O–H groups in total. The minimum Gasteiger partial charge on any atom is -0.370 e. The van der Waals surface area contributed by atoms with Gasteiger partial charge in [0.25, 0.3) is 0 Å². The van der Waals surface area contributed by atoms with Crippen LogP contribution in [0.3, 0.4) is 0 Å². The standard InChI is InChI=1S/C17H28N4O2S.HI/c1-2-20-24(22,23)16-11-9-14(10-12-16)13-19-17(18)21-15-7-5-3-4-6-8-15;/h9-12,15,20H,2-8,13H2,1H3,(H3,18,19,21);1H. The maximum absolute atomic E-state index is 11.9. The molecule has 142 valence electrons. The molecule has 0 unspecified atom stereocenters. The van der Waals surface area contributed by atoms with Crippen LogP contribution in [0.1, 0.15) is 51.0 Å². The van der Waals surface area contributed by atoms with Crippen LogP contribution in [0.4, 0.5) is 0 Å². The molecular formula is C17H29IN4O2S. The monoisotopic (exact) mass is 480 g/mol. The number of guanidine groups is 1. The number of sulfonamides is 1. The lowest BCUT2D eigenvalue weighted by atomic mass is 10.1. The number of nitrogens with one attached hydrogen (secondary N) is 2. The Bertz CT molecular complexity index is 639. The van der Waals surface area contributed by atoms with Crippen LogP contribution in [0.25, 0.3) is 0 Å². The molecule has 0 aliphatic heterocycles. The Morgan fingerprint density at radius 3 is 2.32 bits per heavy atom. The molecule has 1 aromatic rings. The maximum Gasteiger partial charge on any atom is 0.240 e. The molecule has 0 radical (unpaired) electrons. The normalized spacial score (nSPS) is 16.8. The van der Waals surface area contributed by atoms with Crippen molar-refractivity contribution < 1.29 is 8.42 Å². The second-order valence-electron chi connectivity index (χ2n) is 6.18. The van der Waals surface area contributed by atoms with Gasteiger partial charge >= 0.3 is 0 Å². The average Bonchev–Trinajstić information content (AvgIpc) is 2.82. The number of hydrogen-bond donors (Lipinski definition) is 3. The van der Waals surface area contributed by atoms with Crippen LogP contribution in [0.15, 0.2) is 34.2 Å². The van der Waals surface area contributed by atoms with Crippen molar-refractivity contribution in [1.82, 2.24) is 10.0 Å². The van der Waals surface area contributed by atoms with Crippen LogP contribution < -0.4 is 15.8 Å². The Balaban J connectivity index is 0.00000312. The summed E-state index contributed by atoms with van der Waals surface area (Å²) in [6, 6.07) is 7.15. The van der Waals surface area contributed by atoms with Crippen LogP contribution in [0, 0.1) is 0 Å². The van der Waals surface area contributed by atoms with Gasteiger partial charge < -0.3 is 11.1 Å². The molecule has 2 rings (SSSR count). The van der Waals surface area contributed by atoms with Crippen LogP contribution in [0.2, 0.25) is 0 Å². The molecule has 25 heavy (non-hydrogen) atoms. The number of aliphatic imine (C=N–C) groups is 1. The van der Waals surface area contributed by atoms with Crippen LogP contribution >= 0.6 is 24.0 Å². The van der Waals surface area contributed by atoms with Gasteiger partial charge in [0.2, 0.25) is 10.0 Å². The van der Waals surface area contributed by atoms with E-state index in [-0.39, 0.29) is 28.9 Å². The van der Waals surface area contributed by atoms with Gasteiger partial charge in [0, 0.05) is 12.6 Å². The molecule has 1 aromatic carbocycles. The van der Waals surface area contributed by atoms with Gasteiger partial charge in [-0.25, -0.2) is 18.1 Å². The van der Waals surface area contributed by atoms with E-state index in [0.717, 1.165) is 18.4 Å². The highest BCUT2D eigenvalue weighted by molar-refractivity contribution is 14.0. The third-order valence-corrected chi connectivity index (χ3v) is 5.77. The van der Waals surface area contributed by atoms with E-state index in [2.05, 4.69) is 15.0 Å². The number of halogens is 1. The molecule has 0 heterocycles. The zero-order chi connectivity index (χ0) is 17.4. The van der Waals surface area contributed by atoms with Gasteiger partial charge in [-0.05, 0) is 30.5 Å². The van der Waals surface area contributed by atoms with E-state index in [1.165, 1.54) is 25.7 Å². The molecule has 0 bridgehead atoms. The third-order valence-electron chi connectivity index (χ3n) is 4.21. The number of hydrogen-bond acceptors (Lipinski definition) is 3. The Morgan fingerprint density at radius 1 is 1.16 bits per heavy atom. The second-order valence-corrected chi connectivity index (χ2v) is 7.95. The summed E-state index contributed by atoms with van der Waals surface area (Å²) in [4.78, 5) is 4.63. The summed E-state index contributed by atoms with van der Waals surface area (Å²) in [7, 11) is -3.40. The van der Waals surface area contributed by atoms with Crippen molar-refractivity contribution in [3.63, 3.8) is 0 Å². The van der Waals surface area contributed by atoms with Crippen LogP contribution in [-0.2, 0) is 16.6 Å². The lowest BCUT2D eigenvalue weighted by Crippen LogP contribution is -2.39. The van der Waals surface area contributed by atoms with Crippen molar-refractivity contribution in [3.05, 3.63) is 29.8 Å². The smallest absolute Gasteiger partial charge is 0.240 e. The molecule has 1 aliphatic carbocycles. The summed E-state index contributed by atoms with van der Waals surface area (Å²) in [6.07, 6.45) is 7.38. The quantitative estimate of drug-likeness (QED) is 0.253. The fourth-order valence-electron chi connectivity index (χ4n) is 2.90. The van der Waals surface area contributed by atoms with Gasteiger partial charge in [-0.3, -0.25) is 0 Å². The fraction of sp³-hybridized carbons (Fsp3) is 0.588. The first kappa shape index (κ1) is 22.2. The summed E-state index contributed by atoms with van der Waals surface area (Å²) in [5.41, 5.74) is 6.90. The zero-order valence-electron chi connectivity index (χ0n) is 14.7. The van der Waals surface area contributed by atoms with E-state index in [0.29, 0.717) is 25.1 Å². The van der Waals surface area contributed by atoms with E-state index in [1.807, 2.05) is 0 Å². The molecule has 0 spiro atoms. The SMILES string of the molecule is CCNS(=O)(=O)c1ccc(CN=C(N)NC2CCCCCC2)cc1.I. The van der Waals surface area contributed by atoms with Crippen LogP contribution in [0.5, 0.6) is 0 Å². The van der Waals surface area contributed by atoms with E-state index in [9.17, 15) is 8.42 Å². The lowest BCUT2D eigenvalue weighted by molar-refractivity contribution is 0.530. The summed E-state index contributed by atoms with van der Waals surface area (Å²) in [5.74, 6) is 0.464. The number of nitrogens with zero attached hydrogens (tertiary/aromatic N) is 1. The molecule has 8 heteroatoms.